The lowest BCUT2D eigenvalue weighted by Crippen LogP contribution is -2.41. The summed E-state index contributed by atoms with van der Waals surface area (Å²) in [6, 6.07) is 3.55. The van der Waals surface area contributed by atoms with Crippen molar-refractivity contribution in [3.8, 4) is 0 Å². The van der Waals surface area contributed by atoms with Crippen molar-refractivity contribution in [3.63, 3.8) is 0 Å². The fourth-order valence-electron chi connectivity index (χ4n) is 2.81. The van der Waals surface area contributed by atoms with Crippen LogP contribution in [0.2, 0.25) is 0 Å². The van der Waals surface area contributed by atoms with Crippen LogP contribution in [-0.4, -0.2) is 22.0 Å². The summed E-state index contributed by atoms with van der Waals surface area (Å²) in [5, 5.41) is 0. The first-order valence-corrected chi connectivity index (χ1v) is 9.57. The number of amides is 1. The number of rotatable bonds is 9. The number of aryl methyl sites for hydroxylation is 1. The molecule has 28 heavy (non-hydrogen) atoms. The molecular formula is C20H28N4O4. The first kappa shape index (κ1) is 21.3. The van der Waals surface area contributed by atoms with Crippen molar-refractivity contribution < 1.29 is 9.21 Å². The van der Waals surface area contributed by atoms with E-state index >= 15 is 0 Å². The van der Waals surface area contributed by atoms with E-state index in [0.717, 1.165) is 25.0 Å². The second-order valence-corrected chi connectivity index (χ2v) is 6.62. The van der Waals surface area contributed by atoms with Crippen LogP contribution < -0.4 is 21.9 Å². The van der Waals surface area contributed by atoms with Gasteiger partial charge in [-0.05, 0) is 38.0 Å². The molecule has 0 saturated heterocycles. The number of nitrogen functional groups attached to an aromatic ring is 1. The molecule has 0 saturated carbocycles. The molecule has 0 spiro atoms. The summed E-state index contributed by atoms with van der Waals surface area (Å²) >= 11 is 0. The molecule has 2 aromatic heterocycles. The molecule has 2 rings (SSSR count). The molecule has 0 aromatic carbocycles. The second kappa shape index (κ2) is 9.77. The minimum Gasteiger partial charge on any atom is -0.462 e. The lowest BCUT2D eigenvalue weighted by atomic mass is 10.2. The van der Waals surface area contributed by atoms with Crippen molar-refractivity contribution in [1.82, 2.24) is 9.55 Å². The molecule has 3 N–H and O–H groups in total. The molecule has 0 atom stereocenters. The largest absolute Gasteiger partial charge is 0.462 e. The summed E-state index contributed by atoms with van der Waals surface area (Å²) in [5.41, 5.74) is 4.93. The Morgan fingerprint density at radius 2 is 1.96 bits per heavy atom. The van der Waals surface area contributed by atoms with E-state index in [0.29, 0.717) is 25.3 Å². The van der Waals surface area contributed by atoms with Gasteiger partial charge in [-0.1, -0.05) is 26.7 Å². The Morgan fingerprint density at radius 3 is 2.57 bits per heavy atom. The van der Waals surface area contributed by atoms with Crippen molar-refractivity contribution in [3.05, 3.63) is 50.6 Å². The van der Waals surface area contributed by atoms with Crippen LogP contribution in [0.5, 0.6) is 0 Å². The van der Waals surface area contributed by atoms with Crippen LogP contribution in [0.15, 0.2) is 32.2 Å². The van der Waals surface area contributed by atoms with Gasteiger partial charge in [0.1, 0.15) is 17.3 Å². The Hall–Kier alpha value is -3.03. The molecule has 2 aromatic rings. The molecule has 2 heterocycles. The van der Waals surface area contributed by atoms with Gasteiger partial charge in [0.25, 0.3) is 11.5 Å². The molecule has 1 amide bonds. The number of aromatic nitrogens is 2. The van der Waals surface area contributed by atoms with Gasteiger partial charge in [0.2, 0.25) is 0 Å². The van der Waals surface area contributed by atoms with Gasteiger partial charge in [-0.2, -0.15) is 0 Å². The van der Waals surface area contributed by atoms with Gasteiger partial charge in [-0.3, -0.25) is 19.1 Å². The number of H-pyrrole nitrogens is 1. The Kier molecular flexibility index (Phi) is 7.43. The number of carbonyl (C=O) groups excluding carboxylic acids is 1. The minimum atomic E-state index is -0.665. The number of carbonyl (C=O) groups is 1. The van der Waals surface area contributed by atoms with E-state index in [1.165, 1.54) is 15.5 Å². The van der Waals surface area contributed by atoms with E-state index in [4.69, 9.17) is 10.2 Å². The Balaban J connectivity index is 2.44. The van der Waals surface area contributed by atoms with Gasteiger partial charge in [-0.25, -0.2) is 4.79 Å². The topological polar surface area (TPSA) is 114 Å². The average molecular weight is 388 g/mol. The Labute approximate surface area is 163 Å². The normalized spacial score (nSPS) is 11.2. The van der Waals surface area contributed by atoms with Gasteiger partial charge < -0.3 is 15.1 Å². The third-order valence-electron chi connectivity index (χ3n) is 4.37. The highest BCUT2D eigenvalue weighted by atomic mass is 16.3. The summed E-state index contributed by atoms with van der Waals surface area (Å²) in [6.07, 6.45) is 6.00. The van der Waals surface area contributed by atoms with Crippen LogP contribution in [0.4, 0.5) is 11.5 Å². The predicted octanol–water partition coefficient (Wildman–Crippen LogP) is 2.67. The maximum Gasteiger partial charge on any atom is 0.330 e. The Bertz CT molecular complexity index is 952. The monoisotopic (exact) mass is 388 g/mol. The number of nitrogens with zero attached hydrogens (tertiary/aromatic N) is 2. The average Bonchev–Trinajstić information content (AvgIpc) is 3.07. The third-order valence-corrected chi connectivity index (χ3v) is 4.37. The SMILES string of the molecule is CCCCN(C(=O)/C=C/c1ccc(C)o1)c1c(N)n(CCCC)c(=O)[nH]c1=O. The lowest BCUT2D eigenvalue weighted by Gasteiger charge is -2.23. The van der Waals surface area contributed by atoms with E-state index in [-0.39, 0.29) is 11.5 Å². The molecule has 0 fully saturated rings. The van der Waals surface area contributed by atoms with E-state index in [2.05, 4.69) is 4.98 Å². The van der Waals surface area contributed by atoms with Crippen LogP contribution in [-0.2, 0) is 11.3 Å². The number of aromatic amines is 1. The van der Waals surface area contributed by atoms with Crippen molar-refractivity contribution in [2.75, 3.05) is 17.2 Å². The van der Waals surface area contributed by atoms with Gasteiger partial charge in [0.05, 0.1) is 0 Å². The maximum atomic E-state index is 12.8. The molecule has 0 unspecified atom stereocenters. The van der Waals surface area contributed by atoms with Crippen LogP contribution >= 0.6 is 0 Å². The number of hydrogen-bond acceptors (Lipinski definition) is 5. The van der Waals surface area contributed by atoms with Crippen LogP contribution in [0.25, 0.3) is 6.08 Å². The molecular weight excluding hydrogens is 360 g/mol. The van der Waals surface area contributed by atoms with Crippen molar-refractivity contribution in [1.29, 1.82) is 0 Å². The van der Waals surface area contributed by atoms with Gasteiger partial charge >= 0.3 is 5.69 Å². The molecule has 0 aliphatic heterocycles. The quantitative estimate of drug-likeness (QED) is 0.641. The molecule has 8 nitrogen and oxygen atoms in total. The number of nitrogens with one attached hydrogen (secondary N) is 1. The van der Waals surface area contributed by atoms with Crippen LogP contribution in [0.1, 0.15) is 51.1 Å². The molecule has 0 aliphatic carbocycles. The molecule has 0 bridgehead atoms. The fraction of sp³-hybridized carbons (Fsp3) is 0.450. The van der Waals surface area contributed by atoms with Gasteiger partial charge in [0.15, 0.2) is 5.69 Å². The smallest absolute Gasteiger partial charge is 0.330 e. The van der Waals surface area contributed by atoms with E-state index in [9.17, 15) is 14.4 Å². The standard InChI is InChI=1S/C20H28N4O4/c1-4-6-12-23(16(25)11-10-15-9-8-14(3)28-15)17-18(21)24(13-7-5-2)20(27)22-19(17)26/h8-11H,4-7,12-13,21H2,1-3H3,(H,22,26,27)/b11-10+. The van der Waals surface area contributed by atoms with Crippen LogP contribution in [0, 0.1) is 6.92 Å². The van der Waals surface area contributed by atoms with Gasteiger partial charge in [0, 0.05) is 19.2 Å². The summed E-state index contributed by atoms with van der Waals surface area (Å²) in [4.78, 5) is 41.1. The predicted molar refractivity (Wildman–Crippen MR) is 110 cm³/mol. The Morgan fingerprint density at radius 1 is 1.25 bits per heavy atom. The zero-order valence-electron chi connectivity index (χ0n) is 16.7. The van der Waals surface area contributed by atoms with Crippen LogP contribution in [0.3, 0.4) is 0 Å². The maximum absolute atomic E-state index is 12.8. The highest BCUT2D eigenvalue weighted by molar-refractivity contribution is 6.04. The van der Waals surface area contributed by atoms with Gasteiger partial charge in [-0.15, -0.1) is 0 Å². The number of furan rings is 1. The van der Waals surface area contributed by atoms with Crippen molar-refractivity contribution in [2.24, 2.45) is 0 Å². The highest BCUT2D eigenvalue weighted by Gasteiger charge is 2.22. The number of hydrogen-bond donors (Lipinski definition) is 2. The lowest BCUT2D eigenvalue weighted by molar-refractivity contribution is -0.114. The molecule has 152 valence electrons. The van der Waals surface area contributed by atoms with Crippen molar-refractivity contribution in [2.45, 2.75) is 53.0 Å². The zero-order valence-corrected chi connectivity index (χ0v) is 16.7. The summed E-state index contributed by atoms with van der Waals surface area (Å²) < 4.78 is 6.74. The fourth-order valence-corrected chi connectivity index (χ4v) is 2.81. The highest BCUT2D eigenvalue weighted by Crippen LogP contribution is 2.19. The first-order valence-electron chi connectivity index (χ1n) is 9.57. The first-order chi connectivity index (χ1) is 13.4. The summed E-state index contributed by atoms with van der Waals surface area (Å²) in [7, 11) is 0. The van der Waals surface area contributed by atoms with E-state index in [1.54, 1.807) is 18.2 Å². The number of unbranched alkanes of at least 4 members (excludes halogenated alkanes) is 2. The molecule has 8 heteroatoms. The second-order valence-electron chi connectivity index (χ2n) is 6.62. The summed E-state index contributed by atoms with van der Waals surface area (Å²) in [5.74, 6) is 0.879. The summed E-state index contributed by atoms with van der Waals surface area (Å²) in [6.45, 7) is 6.48. The zero-order chi connectivity index (χ0) is 20.7. The molecule has 0 aliphatic rings. The third kappa shape index (κ3) is 5.03. The molecule has 0 radical (unpaired) electrons. The number of nitrogens with two attached hydrogens (primary N) is 1. The number of anilines is 2. The van der Waals surface area contributed by atoms with Crippen molar-refractivity contribution >= 4 is 23.5 Å². The van der Waals surface area contributed by atoms with E-state index < -0.39 is 17.2 Å². The van der Waals surface area contributed by atoms with E-state index in [1.807, 2.05) is 20.8 Å². The minimum absolute atomic E-state index is 0.00824.